The number of nitrogens with zero attached hydrogens (tertiary/aromatic N) is 1. The first kappa shape index (κ1) is 13.1. The first-order valence-corrected chi connectivity index (χ1v) is 6.58. The minimum atomic E-state index is -0.0882. The van der Waals surface area contributed by atoms with Gasteiger partial charge in [-0.25, -0.2) is 0 Å². The van der Waals surface area contributed by atoms with E-state index in [1.807, 2.05) is 30.3 Å². The van der Waals surface area contributed by atoms with Crippen molar-refractivity contribution in [3.63, 3.8) is 0 Å². The molecule has 0 amide bonds. The fourth-order valence-electron chi connectivity index (χ4n) is 2.15. The van der Waals surface area contributed by atoms with E-state index in [1.165, 1.54) is 6.42 Å². The standard InChI is InChI=1S/C15H19NO2/c16-12-14(13-6-2-1-3-7-13)9-11-18-15-8-4-5-10-17-15/h1-3,6-7,14-15H,4-5,8-11H2. The lowest BCUT2D eigenvalue weighted by atomic mass is 9.98. The normalized spacial score (nSPS) is 21.2. The van der Waals surface area contributed by atoms with Crippen LogP contribution in [0.2, 0.25) is 0 Å². The maximum atomic E-state index is 9.18. The van der Waals surface area contributed by atoms with Gasteiger partial charge in [-0.1, -0.05) is 30.3 Å². The van der Waals surface area contributed by atoms with Gasteiger partial charge in [0.05, 0.1) is 18.6 Å². The Bertz CT molecular complexity index is 379. The molecule has 2 atom stereocenters. The summed E-state index contributed by atoms with van der Waals surface area (Å²) in [4.78, 5) is 0. The molecule has 2 unspecified atom stereocenters. The summed E-state index contributed by atoms with van der Waals surface area (Å²) in [6, 6.07) is 12.2. The monoisotopic (exact) mass is 245 g/mol. The minimum absolute atomic E-state index is 0.0612. The van der Waals surface area contributed by atoms with Gasteiger partial charge < -0.3 is 9.47 Å². The Kier molecular flexibility index (Phi) is 5.19. The Morgan fingerprint density at radius 2 is 2.17 bits per heavy atom. The maximum Gasteiger partial charge on any atom is 0.157 e. The third kappa shape index (κ3) is 3.83. The number of benzene rings is 1. The van der Waals surface area contributed by atoms with Crippen LogP contribution in [0.4, 0.5) is 0 Å². The molecular formula is C15H19NO2. The molecule has 1 aliphatic rings. The van der Waals surface area contributed by atoms with E-state index in [1.54, 1.807) is 0 Å². The molecular weight excluding hydrogens is 226 g/mol. The molecule has 0 radical (unpaired) electrons. The van der Waals surface area contributed by atoms with Crippen LogP contribution in [-0.4, -0.2) is 19.5 Å². The first-order valence-electron chi connectivity index (χ1n) is 6.58. The van der Waals surface area contributed by atoms with Gasteiger partial charge in [-0.3, -0.25) is 0 Å². The zero-order chi connectivity index (χ0) is 12.6. The molecule has 1 heterocycles. The molecule has 0 spiro atoms. The van der Waals surface area contributed by atoms with Crippen molar-refractivity contribution in [2.45, 2.75) is 37.9 Å². The fraction of sp³-hybridized carbons (Fsp3) is 0.533. The van der Waals surface area contributed by atoms with E-state index < -0.39 is 0 Å². The molecule has 3 heteroatoms. The van der Waals surface area contributed by atoms with Crippen LogP contribution in [0.3, 0.4) is 0 Å². The van der Waals surface area contributed by atoms with Crippen LogP contribution in [-0.2, 0) is 9.47 Å². The number of nitriles is 1. The van der Waals surface area contributed by atoms with Gasteiger partial charge in [-0.05, 0) is 31.2 Å². The molecule has 1 aromatic carbocycles. The van der Waals surface area contributed by atoms with Crippen LogP contribution in [0.15, 0.2) is 30.3 Å². The molecule has 0 aromatic heterocycles. The van der Waals surface area contributed by atoms with E-state index in [9.17, 15) is 5.26 Å². The number of hydrogen-bond donors (Lipinski definition) is 0. The molecule has 18 heavy (non-hydrogen) atoms. The summed E-state index contributed by atoms with van der Waals surface area (Å²) < 4.78 is 11.2. The Hall–Kier alpha value is -1.37. The number of hydrogen-bond acceptors (Lipinski definition) is 3. The fourth-order valence-corrected chi connectivity index (χ4v) is 2.15. The Morgan fingerprint density at radius 3 is 2.83 bits per heavy atom. The lowest BCUT2D eigenvalue weighted by Crippen LogP contribution is -2.23. The van der Waals surface area contributed by atoms with Crippen LogP contribution in [0.1, 0.15) is 37.2 Å². The number of ether oxygens (including phenoxy) is 2. The van der Waals surface area contributed by atoms with Gasteiger partial charge in [0.25, 0.3) is 0 Å². The zero-order valence-corrected chi connectivity index (χ0v) is 10.5. The molecule has 1 aromatic rings. The highest BCUT2D eigenvalue weighted by Gasteiger charge is 2.15. The second-order valence-corrected chi connectivity index (χ2v) is 4.55. The summed E-state index contributed by atoms with van der Waals surface area (Å²) in [6.07, 6.45) is 3.94. The van der Waals surface area contributed by atoms with E-state index in [4.69, 9.17) is 9.47 Å². The smallest absolute Gasteiger partial charge is 0.157 e. The van der Waals surface area contributed by atoms with Gasteiger partial charge in [-0.2, -0.15) is 5.26 Å². The average molecular weight is 245 g/mol. The van der Waals surface area contributed by atoms with E-state index in [0.717, 1.165) is 31.4 Å². The summed E-state index contributed by atoms with van der Waals surface area (Å²) in [5.41, 5.74) is 1.06. The van der Waals surface area contributed by atoms with Crippen molar-refractivity contribution in [2.75, 3.05) is 13.2 Å². The van der Waals surface area contributed by atoms with Gasteiger partial charge in [0, 0.05) is 6.61 Å². The zero-order valence-electron chi connectivity index (χ0n) is 10.5. The summed E-state index contributed by atoms with van der Waals surface area (Å²) in [6.45, 7) is 1.38. The van der Waals surface area contributed by atoms with E-state index in [0.29, 0.717) is 6.61 Å². The largest absolute Gasteiger partial charge is 0.353 e. The van der Waals surface area contributed by atoms with Crippen LogP contribution in [0, 0.1) is 11.3 Å². The van der Waals surface area contributed by atoms with Crippen molar-refractivity contribution in [1.29, 1.82) is 5.26 Å². The van der Waals surface area contributed by atoms with Crippen molar-refractivity contribution in [3.05, 3.63) is 35.9 Å². The number of rotatable bonds is 5. The minimum Gasteiger partial charge on any atom is -0.353 e. The third-order valence-corrected chi connectivity index (χ3v) is 3.21. The topological polar surface area (TPSA) is 42.2 Å². The molecule has 96 valence electrons. The molecule has 1 aliphatic heterocycles. The first-order chi connectivity index (χ1) is 8.90. The van der Waals surface area contributed by atoms with Crippen LogP contribution < -0.4 is 0 Å². The molecule has 2 rings (SSSR count). The van der Waals surface area contributed by atoms with Gasteiger partial charge in [-0.15, -0.1) is 0 Å². The summed E-state index contributed by atoms with van der Waals surface area (Å²) in [7, 11) is 0. The van der Waals surface area contributed by atoms with Crippen molar-refractivity contribution in [2.24, 2.45) is 0 Å². The van der Waals surface area contributed by atoms with Crippen molar-refractivity contribution >= 4 is 0 Å². The van der Waals surface area contributed by atoms with Gasteiger partial charge >= 0.3 is 0 Å². The van der Waals surface area contributed by atoms with Gasteiger partial charge in [0.15, 0.2) is 6.29 Å². The molecule has 1 saturated heterocycles. The summed E-state index contributed by atoms with van der Waals surface area (Å²) in [5.74, 6) is -0.0882. The Labute approximate surface area is 108 Å². The Morgan fingerprint density at radius 1 is 1.33 bits per heavy atom. The van der Waals surface area contributed by atoms with E-state index >= 15 is 0 Å². The molecule has 3 nitrogen and oxygen atoms in total. The highest BCUT2D eigenvalue weighted by molar-refractivity contribution is 5.24. The van der Waals surface area contributed by atoms with Gasteiger partial charge in [0.1, 0.15) is 0 Å². The SMILES string of the molecule is N#CC(CCOC1CCCCO1)c1ccccc1. The highest BCUT2D eigenvalue weighted by Crippen LogP contribution is 2.20. The third-order valence-electron chi connectivity index (χ3n) is 3.21. The quantitative estimate of drug-likeness (QED) is 0.799. The van der Waals surface area contributed by atoms with Gasteiger partial charge in [0.2, 0.25) is 0 Å². The van der Waals surface area contributed by atoms with Crippen molar-refractivity contribution < 1.29 is 9.47 Å². The molecule has 0 N–H and O–H groups in total. The maximum absolute atomic E-state index is 9.18. The lowest BCUT2D eigenvalue weighted by molar-refractivity contribution is -0.162. The van der Waals surface area contributed by atoms with Crippen molar-refractivity contribution in [1.82, 2.24) is 0 Å². The summed E-state index contributed by atoms with van der Waals surface area (Å²) >= 11 is 0. The lowest BCUT2D eigenvalue weighted by Gasteiger charge is -2.23. The predicted octanol–water partition coefficient (Wildman–Crippen LogP) is 3.23. The van der Waals surface area contributed by atoms with Crippen LogP contribution in [0.5, 0.6) is 0 Å². The van der Waals surface area contributed by atoms with Crippen LogP contribution >= 0.6 is 0 Å². The Balaban J connectivity index is 1.76. The average Bonchev–Trinajstić information content (AvgIpc) is 2.46. The van der Waals surface area contributed by atoms with E-state index in [-0.39, 0.29) is 12.2 Å². The highest BCUT2D eigenvalue weighted by atomic mass is 16.7. The molecule has 0 aliphatic carbocycles. The van der Waals surface area contributed by atoms with Crippen molar-refractivity contribution in [3.8, 4) is 6.07 Å². The molecule has 0 saturated carbocycles. The molecule has 0 bridgehead atoms. The summed E-state index contributed by atoms with van der Waals surface area (Å²) in [5, 5.41) is 9.18. The predicted molar refractivity (Wildman–Crippen MR) is 69.0 cm³/mol. The second kappa shape index (κ2) is 7.15. The van der Waals surface area contributed by atoms with Crippen LogP contribution in [0.25, 0.3) is 0 Å². The second-order valence-electron chi connectivity index (χ2n) is 4.55. The molecule has 1 fully saturated rings. The van der Waals surface area contributed by atoms with E-state index in [2.05, 4.69) is 6.07 Å².